The van der Waals surface area contributed by atoms with Crippen LogP contribution in [0.25, 0.3) is 0 Å². The number of hydrogen-bond acceptors (Lipinski definition) is 4. The summed E-state index contributed by atoms with van der Waals surface area (Å²) in [5.74, 6) is -0.513. The molecular weight excluding hydrogens is 416 g/mol. The lowest BCUT2D eigenvalue weighted by Gasteiger charge is -2.14. The van der Waals surface area contributed by atoms with Crippen LogP contribution in [-0.2, 0) is 16.1 Å². The lowest BCUT2D eigenvalue weighted by Crippen LogP contribution is -2.24. The molecule has 0 aliphatic carbocycles. The van der Waals surface area contributed by atoms with Gasteiger partial charge in [0, 0.05) is 35.6 Å². The van der Waals surface area contributed by atoms with Crippen molar-refractivity contribution in [1.29, 1.82) is 0 Å². The molecule has 0 atom stereocenters. The van der Waals surface area contributed by atoms with Crippen molar-refractivity contribution >= 4 is 34.8 Å². The summed E-state index contributed by atoms with van der Waals surface area (Å²) in [6, 6.07) is 22.0. The van der Waals surface area contributed by atoms with Crippen molar-refractivity contribution in [3.63, 3.8) is 0 Å². The van der Waals surface area contributed by atoms with E-state index in [1.54, 1.807) is 49.4 Å². The van der Waals surface area contributed by atoms with Crippen LogP contribution in [0.3, 0.4) is 0 Å². The first-order valence-corrected chi connectivity index (χ1v) is 10.8. The molecule has 7 nitrogen and oxygen atoms in total. The predicted octanol–water partition coefficient (Wildman–Crippen LogP) is 4.32. The molecule has 0 fully saturated rings. The minimum Gasteiger partial charge on any atom is -0.376 e. The van der Waals surface area contributed by atoms with Crippen LogP contribution in [-0.4, -0.2) is 24.3 Å². The summed E-state index contributed by atoms with van der Waals surface area (Å²) in [6.45, 7) is 4.09. The number of anilines is 3. The Balaban J connectivity index is 1.55. The molecule has 0 spiro atoms. The van der Waals surface area contributed by atoms with Gasteiger partial charge in [-0.05, 0) is 48.4 Å². The normalized spacial score (nSPS) is 10.2. The van der Waals surface area contributed by atoms with Gasteiger partial charge in [0.05, 0.1) is 6.54 Å². The maximum absolute atomic E-state index is 12.5. The highest BCUT2D eigenvalue weighted by atomic mass is 16.2. The summed E-state index contributed by atoms with van der Waals surface area (Å²) in [5.41, 5.74) is 4.27. The largest absolute Gasteiger partial charge is 0.376 e. The highest BCUT2D eigenvalue weighted by Gasteiger charge is 2.10. The Bertz CT molecular complexity index is 1130. The molecule has 0 unspecified atom stereocenters. The van der Waals surface area contributed by atoms with E-state index in [-0.39, 0.29) is 24.3 Å². The molecule has 7 heteroatoms. The van der Waals surface area contributed by atoms with E-state index in [0.717, 1.165) is 11.1 Å². The Morgan fingerprint density at radius 1 is 0.788 bits per heavy atom. The summed E-state index contributed by atoms with van der Waals surface area (Å²) in [6.07, 6.45) is 0.378. The molecule has 0 radical (unpaired) electrons. The molecule has 0 heterocycles. The van der Waals surface area contributed by atoms with Gasteiger partial charge in [-0.3, -0.25) is 14.4 Å². The van der Waals surface area contributed by atoms with Gasteiger partial charge in [-0.25, -0.2) is 0 Å². The maximum Gasteiger partial charge on any atom is 0.251 e. The van der Waals surface area contributed by atoms with E-state index in [9.17, 15) is 14.4 Å². The molecule has 33 heavy (non-hydrogen) atoms. The number of nitrogens with one attached hydrogen (secondary N) is 4. The second kappa shape index (κ2) is 11.5. The van der Waals surface area contributed by atoms with Crippen molar-refractivity contribution in [1.82, 2.24) is 5.32 Å². The lowest BCUT2D eigenvalue weighted by molar-refractivity contribution is -0.116. The number of amides is 3. The Morgan fingerprint density at radius 3 is 2.15 bits per heavy atom. The van der Waals surface area contributed by atoms with Crippen LogP contribution in [0, 0.1) is 6.92 Å². The fraction of sp³-hybridized carbons (Fsp3) is 0.192. The lowest BCUT2D eigenvalue weighted by atomic mass is 10.1. The first-order chi connectivity index (χ1) is 16.0. The topological polar surface area (TPSA) is 99.3 Å². The Morgan fingerprint density at radius 2 is 1.45 bits per heavy atom. The van der Waals surface area contributed by atoms with E-state index < -0.39 is 0 Å². The van der Waals surface area contributed by atoms with Crippen molar-refractivity contribution in [2.24, 2.45) is 0 Å². The zero-order valence-electron chi connectivity index (χ0n) is 18.8. The quantitative estimate of drug-likeness (QED) is 0.395. The van der Waals surface area contributed by atoms with Gasteiger partial charge in [-0.2, -0.15) is 0 Å². The predicted molar refractivity (Wildman–Crippen MR) is 131 cm³/mol. The molecule has 3 aromatic carbocycles. The third kappa shape index (κ3) is 6.93. The number of carbonyl (C=O) groups is 3. The molecule has 3 amide bonds. The van der Waals surface area contributed by atoms with Gasteiger partial charge in [0.15, 0.2) is 0 Å². The highest BCUT2D eigenvalue weighted by molar-refractivity contribution is 5.98. The Hall–Kier alpha value is -4.13. The van der Waals surface area contributed by atoms with Crippen LogP contribution >= 0.6 is 0 Å². The molecule has 0 saturated carbocycles. The van der Waals surface area contributed by atoms with Crippen LogP contribution in [0.15, 0.2) is 72.8 Å². The molecule has 0 aliphatic heterocycles. The fourth-order valence-corrected chi connectivity index (χ4v) is 3.17. The summed E-state index contributed by atoms with van der Waals surface area (Å²) in [5, 5.41) is 11.6. The van der Waals surface area contributed by atoms with Gasteiger partial charge in [0.25, 0.3) is 5.91 Å². The Labute approximate surface area is 193 Å². The molecular formula is C26H28N4O3. The molecule has 3 rings (SSSR count). The van der Waals surface area contributed by atoms with Crippen molar-refractivity contribution in [3.05, 3.63) is 89.5 Å². The molecule has 4 N–H and O–H groups in total. The van der Waals surface area contributed by atoms with Crippen LogP contribution in [0.1, 0.15) is 34.8 Å². The van der Waals surface area contributed by atoms with E-state index in [1.165, 1.54) is 0 Å². The number of hydrogen-bond donors (Lipinski definition) is 4. The molecule has 3 aromatic rings. The second-order valence-electron chi connectivity index (χ2n) is 7.53. The van der Waals surface area contributed by atoms with Crippen molar-refractivity contribution in [2.75, 3.05) is 22.5 Å². The van der Waals surface area contributed by atoms with E-state index in [2.05, 4.69) is 21.3 Å². The molecule has 0 bridgehead atoms. The third-order valence-electron chi connectivity index (χ3n) is 5.08. The second-order valence-corrected chi connectivity index (χ2v) is 7.53. The summed E-state index contributed by atoms with van der Waals surface area (Å²) >= 11 is 0. The van der Waals surface area contributed by atoms with Crippen LogP contribution in [0.2, 0.25) is 0 Å². The van der Waals surface area contributed by atoms with E-state index in [0.29, 0.717) is 35.6 Å². The fourth-order valence-electron chi connectivity index (χ4n) is 3.17. The number of rotatable bonds is 9. The first kappa shape index (κ1) is 23.5. The van der Waals surface area contributed by atoms with Gasteiger partial charge < -0.3 is 21.3 Å². The summed E-state index contributed by atoms with van der Waals surface area (Å²) in [7, 11) is 0. The number of carbonyl (C=O) groups excluding carboxylic acids is 3. The van der Waals surface area contributed by atoms with E-state index >= 15 is 0 Å². The summed E-state index contributed by atoms with van der Waals surface area (Å²) in [4.78, 5) is 36.6. The van der Waals surface area contributed by atoms with Crippen molar-refractivity contribution < 1.29 is 14.4 Å². The van der Waals surface area contributed by atoms with Gasteiger partial charge in [0.2, 0.25) is 11.8 Å². The third-order valence-corrected chi connectivity index (χ3v) is 5.08. The average molecular weight is 445 g/mol. The van der Waals surface area contributed by atoms with Gasteiger partial charge in [-0.15, -0.1) is 0 Å². The highest BCUT2D eigenvalue weighted by Crippen LogP contribution is 2.23. The molecule has 0 aromatic heterocycles. The summed E-state index contributed by atoms with van der Waals surface area (Å²) < 4.78 is 0. The van der Waals surface area contributed by atoms with Crippen LogP contribution < -0.4 is 21.3 Å². The Kier molecular flexibility index (Phi) is 8.18. The zero-order chi connectivity index (χ0) is 23.6. The number of benzene rings is 3. The SMILES string of the molecule is CCC(=O)Nc1cccc(NC(=O)CNc2cccc(C(=O)NCc3ccccc3)c2)c1C. The van der Waals surface area contributed by atoms with Gasteiger partial charge in [-0.1, -0.05) is 49.4 Å². The van der Waals surface area contributed by atoms with Crippen molar-refractivity contribution in [2.45, 2.75) is 26.8 Å². The molecule has 0 saturated heterocycles. The minimum absolute atomic E-state index is 0.0279. The van der Waals surface area contributed by atoms with Crippen LogP contribution in [0.5, 0.6) is 0 Å². The van der Waals surface area contributed by atoms with E-state index in [1.807, 2.05) is 37.3 Å². The maximum atomic E-state index is 12.5. The van der Waals surface area contributed by atoms with Gasteiger partial charge >= 0.3 is 0 Å². The smallest absolute Gasteiger partial charge is 0.251 e. The standard InChI is InChI=1S/C26H28N4O3/c1-3-24(31)29-22-13-8-14-23(18(22)2)30-25(32)17-27-21-12-7-11-20(15-21)26(33)28-16-19-9-5-4-6-10-19/h4-15,27H,3,16-17H2,1-2H3,(H,28,33)(H,29,31)(H,30,32). The minimum atomic E-state index is -0.240. The average Bonchev–Trinajstić information content (AvgIpc) is 2.84. The monoisotopic (exact) mass is 444 g/mol. The zero-order valence-corrected chi connectivity index (χ0v) is 18.8. The van der Waals surface area contributed by atoms with E-state index in [4.69, 9.17) is 0 Å². The first-order valence-electron chi connectivity index (χ1n) is 10.8. The van der Waals surface area contributed by atoms with Crippen LogP contribution in [0.4, 0.5) is 17.1 Å². The molecule has 0 aliphatic rings. The van der Waals surface area contributed by atoms with Crippen molar-refractivity contribution in [3.8, 4) is 0 Å². The molecule has 170 valence electrons. The van der Waals surface area contributed by atoms with Gasteiger partial charge in [0.1, 0.15) is 0 Å².